The first-order chi connectivity index (χ1) is 7.94. The number of hydrogen-bond acceptors (Lipinski definition) is 2. The van der Waals surface area contributed by atoms with Gasteiger partial charge >= 0.3 is 0 Å². The van der Waals surface area contributed by atoms with Gasteiger partial charge in [0.2, 0.25) is 0 Å². The van der Waals surface area contributed by atoms with Crippen LogP contribution >= 0.6 is 0 Å². The molecule has 1 aliphatic rings. The van der Waals surface area contributed by atoms with Gasteiger partial charge in [0.15, 0.2) is 0 Å². The van der Waals surface area contributed by atoms with Crippen LogP contribution in [0.2, 0.25) is 0 Å². The number of nitrogens with one attached hydrogen (secondary N) is 1. The standard InChI is InChI=1S/C14H25N3/c1-11-9-17-10-12(5-6-13(17)16-11)15-8-7-14(2,3)4/h9,12,15H,5-8,10H2,1-4H3. The van der Waals surface area contributed by atoms with E-state index in [-0.39, 0.29) is 0 Å². The fraction of sp³-hybridized carbons (Fsp3) is 0.786. The van der Waals surface area contributed by atoms with Crippen LogP contribution in [-0.2, 0) is 13.0 Å². The third-order valence-corrected chi connectivity index (χ3v) is 3.42. The number of rotatable bonds is 3. The molecule has 0 saturated carbocycles. The van der Waals surface area contributed by atoms with Crippen LogP contribution in [0.25, 0.3) is 0 Å². The van der Waals surface area contributed by atoms with Gasteiger partial charge in [-0.25, -0.2) is 4.98 Å². The maximum Gasteiger partial charge on any atom is 0.109 e. The fourth-order valence-electron chi connectivity index (χ4n) is 2.40. The third kappa shape index (κ3) is 3.56. The topological polar surface area (TPSA) is 29.9 Å². The number of hydrogen-bond donors (Lipinski definition) is 1. The van der Waals surface area contributed by atoms with Crippen molar-refractivity contribution in [2.75, 3.05) is 6.54 Å². The molecule has 1 atom stereocenters. The lowest BCUT2D eigenvalue weighted by molar-refractivity contribution is 0.325. The Morgan fingerprint density at radius 1 is 1.47 bits per heavy atom. The Balaban J connectivity index is 1.82. The van der Waals surface area contributed by atoms with Gasteiger partial charge in [0.05, 0.1) is 5.69 Å². The SMILES string of the molecule is Cc1cn2c(n1)CCC(NCCC(C)(C)C)C2. The Hall–Kier alpha value is -0.830. The van der Waals surface area contributed by atoms with Gasteiger partial charge in [-0.1, -0.05) is 20.8 Å². The lowest BCUT2D eigenvalue weighted by Crippen LogP contribution is -2.38. The molecule has 3 heteroatoms. The summed E-state index contributed by atoms with van der Waals surface area (Å²) in [4.78, 5) is 4.54. The summed E-state index contributed by atoms with van der Waals surface area (Å²) in [5, 5.41) is 3.68. The van der Waals surface area contributed by atoms with E-state index in [1.807, 2.05) is 0 Å². The van der Waals surface area contributed by atoms with E-state index >= 15 is 0 Å². The average molecular weight is 235 g/mol. The molecule has 96 valence electrons. The Morgan fingerprint density at radius 3 is 2.94 bits per heavy atom. The Kier molecular flexibility index (Phi) is 3.57. The molecule has 1 N–H and O–H groups in total. The number of imidazole rings is 1. The molecular weight excluding hydrogens is 210 g/mol. The van der Waals surface area contributed by atoms with Crippen LogP contribution in [0, 0.1) is 12.3 Å². The van der Waals surface area contributed by atoms with Crippen molar-refractivity contribution in [2.45, 2.75) is 59.5 Å². The van der Waals surface area contributed by atoms with Gasteiger partial charge in [-0.15, -0.1) is 0 Å². The van der Waals surface area contributed by atoms with Crippen LogP contribution in [0.1, 0.15) is 45.1 Å². The van der Waals surface area contributed by atoms with Crippen molar-refractivity contribution in [3.63, 3.8) is 0 Å². The maximum absolute atomic E-state index is 4.54. The van der Waals surface area contributed by atoms with E-state index in [4.69, 9.17) is 0 Å². The van der Waals surface area contributed by atoms with Gasteiger partial charge in [0.25, 0.3) is 0 Å². The molecule has 1 aromatic heterocycles. The molecular formula is C14H25N3. The zero-order valence-electron chi connectivity index (χ0n) is 11.6. The Morgan fingerprint density at radius 2 is 2.24 bits per heavy atom. The second kappa shape index (κ2) is 4.81. The predicted molar refractivity (Wildman–Crippen MR) is 71.1 cm³/mol. The van der Waals surface area contributed by atoms with Crippen molar-refractivity contribution in [1.82, 2.24) is 14.9 Å². The number of nitrogens with zero attached hydrogens (tertiary/aromatic N) is 2. The van der Waals surface area contributed by atoms with E-state index in [0.29, 0.717) is 11.5 Å². The summed E-state index contributed by atoms with van der Waals surface area (Å²) in [6.07, 6.45) is 5.74. The highest BCUT2D eigenvalue weighted by atomic mass is 15.1. The normalized spacial score (nSPS) is 20.4. The summed E-state index contributed by atoms with van der Waals surface area (Å²) < 4.78 is 2.31. The zero-order valence-corrected chi connectivity index (χ0v) is 11.6. The van der Waals surface area contributed by atoms with Gasteiger partial charge in [-0.3, -0.25) is 0 Å². The third-order valence-electron chi connectivity index (χ3n) is 3.42. The molecule has 0 spiro atoms. The van der Waals surface area contributed by atoms with Gasteiger partial charge in [0, 0.05) is 25.2 Å². The van der Waals surface area contributed by atoms with E-state index in [1.54, 1.807) is 0 Å². The second-order valence-electron chi connectivity index (χ2n) is 6.45. The van der Waals surface area contributed by atoms with Gasteiger partial charge in [0.1, 0.15) is 5.82 Å². The van der Waals surface area contributed by atoms with Crippen molar-refractivity contribution in [3.8, 4) is 0 Å². The van der Waals surface area contributed by atoms with E-state index in [2.05, 4.69) is 48.8 Å². The van der Waals surface area contributed by atoms with Crippen LogP contribution in [0.3, 0.4) is 0 Å². The number of aryl methyl sites for hydroxylation is 2. The van der Waals surface area contributed by atoms with Gasteiger partial charge < -0.3 is 9.88 Å². The van der Waals surface area contributed by atoms with Crippen molar-refractivity contribution in [2.24, 2.45) is 5.41 Å². The van der Waals surface area contributed by atoms with Gasteiger partial charge in [-0.2, -0.15) is 0 Å². The van der Waals surface area contributed by atoms with Crippen LogP contribution in [0.5, 0.6) is 0 Å². The van der Waals surface area contributed by atoms with Crippen LogP contribution in [0.4, 0.5) is 0 Å². The minimum atomic E-state index is 0.429. The molecule has 0 fully saturated rings. The van der Waals surface area contributed by atoms with E-state index in [9.17, 15) is 0 Å². The predicted octanol–water partition coefficient (Wildman–Crippen LogP) is 2.53. The summed E-state index contributed by atoms with van der Waals surface area (Å²) in [6.45, 7) is 11.2. The molecule has 0 radical (unpaired) electrons. The lowest BCUT2D eigenvalue weighted by atomic mass is 9.92. The molecule has 0 saturated heterocycles. The molecule has 2 rings (SSSR count). The molecule has 1 aromatic rings. The van der Waals surface area contributed by atoms with E-state index in [0.717, 1.165) is 25.2 Å². The molecule has 2 heterocycles. The van der Waals surface area contributed by atoms with Crippen LogP contribution in [0.15, 0.2) is 6.20 Å². The average Bonchev–Trinajstić information content (AvgIpc) is 2.55. The van der Waals surface area contributed by atoms with Crippen LogP contribution < -0.4 is 5.32 Å². The largest absolute Gasteiger partial charge is 0.333 e. The van der Waals surface area contributed by atoms with Gasteiger partial charge in [-0.05, 0) is 31.7 Å². The summed E-state index contributed by atoms with van der Waals surface area (Å²) in [5.74, 6) is 1.26. The smallest absolute Gasteiger partial charge is 0.109 e. The molecule has 3 nitrogen and oxygen atoms in total. The minimum absolute atomic E-state index is 0.429. The highest BCUT2D eigenvalue weighted by Crippen LogP contribution is 2.18. The first kappa shape index (κ1) is 12.6. The molecule has 17 heavy (non-hydrogen) atoms. The minimum Gasteiger partial charge on any atom is -0.333 e. The van der Waals surface area contributed by atoms with Crippen LogP contribution in [-0.4, -0.2) is 22.1 Å². The Bertz CT molecular complexity index is 373. The van der Waals surface area contributed by atoms with Crippen molar-refractivity contribution >= 4 is 0 Å². The van der Waals surface area contributed by atoms with E-state index < -0.39 is 0 Å². The summed E-state index contributed by atoms with van der Waals surface area (Å²) >= 11 is 0. The molecule has 0 aliphatic carbocycles. The molecule has 0 bridgehead atoms. The maximum atomic E-state index is 4.54. The fourth-order valence-corrected chi connectivity index (χ4v) is 2.40. The van der Waals surface area contributed by atoms with Crippen molar-refractivity contribution in [1.29, 1.82) is 0 Å². The number of aromatic nitrogens is 2. The van der Waals surface area contributed by atoms with Crippen molar-refractivity contribution in [3.05, 3.63) is 17.7 Å². The molecule has 0 aromatic carbocycles. The number of fused-ring (bicyclic) bond motifs is 1. The quantitative estimate of drug-likeness (QED) is 0.872. The van der Waals surface area contributed by atoms with Crippen molar-refractivity contribution < 1.29 is 0 Å². The monoisotopic (exact) mass is 235 g/mol. The Labute approximate surface area is 105 Å². The highest BCUT2D eigenvalue weighted by molar-refractivity contribution is 5.05. The van der Waals surface area contributed by atoms with E-state index in [1.165, 1.54) is 18.7 Å². The molecule has 1 unspecified atom stereocenters. The lowest BCUT2D eigenvalue weighted by Gasteiger charge is -2.26. The summed E-state index contributed by atoms with van der Waals surface area (Å²) in [7, 11) is 0. The highest BCUT2D eigenvalue weighted by Gasteiger charge is 2.19. The molecule has 1 aliphatic heterocycles. The molecule has 0 amide bonds. The zero-order chi connectivity index (χ0) is 12.5. The second-order valence-corrected chi connectivity index (χ2v) is 6.45. The first-order valence-electron chi connectivity index (χ1n) is 6.70. The summed E-state index contributed by atoms with van der Waals surface area (Å²) in [6, 6.07) is 0.624. The first-order valence-corrected chi connectivity index (χ1v) is 6.70. The summed E-state index contributed by atoms with van der Waals surface area (Å²) in [5.41, 5.74) is 1.58.